The molecule has 0 saturated carbocycles. The molecule has 1 unspecified atom stereocenters. The molecule has 0 saturated heterocycles. The average molecular weight is 304 g/mol. The molecule has 2 rings (SSSR count). The maximum absolute atomic E-state index is 12.5. The van der Waals surface area contributed by atoms with Crippen molar-refractivity contribution in [3.05, 3.63) is 24.3 Å². The second kappa shape index (κ2) is 6.59. The van der Waals surface area contributed by atoms with Crippen molar-refractivity contribution in [1.82, 2.24) is 0 Å². The molecular weight excluding hydrogens is 276 g/mol. The maximum Gasteiger partial charge on any atom is 0.328 e. The maximum atomic E-state index is 12.5. The summed E-state index contributed by atoms with van der Waals surface area (Å²) >= 11 is 0. The van der Waals surface area contributed by atoms with Crippen molar-refractivity contribution < 1.29 is 9.53 Å². The lowest BCUT2D eigenvalue weighted by Crippen LogP contribution is -2.54. The Morgan fingerprint density at radius 2 is 2.05 bits per heavy atom. The number of hydrogen-bond donors (Lipinski definition) is 1. The first-order valence-corrected chi connectivity index (χ1v) is 8.14. The molecule has 1 aromatic rings. The molecular formula is C18H28N2O2. The van der Waals surface area contributed by atoms with Gasteiger partial charge in [0.2, 0.25) is 0 Å². The van der Waals surface area contributed by atoms with Crippen molar-refractivity contribution in [3.63, 3.8) is 0 Å². The lowest BCUT2D eigenvalue weighted by molar-refractivity contribution is -0.146. The number of benzene rings is 1. The van der Waals surface area contributed by atoms with E-state index in [1.807, 2.05) is 19.1 Å². The molecule has 0 fully saturated rings. The number of carbonyl (C=O) groups excluding carboxylic acids is 1. The molecule has 1 heterocycles. The van der Waals surface area contributed by atoms with Gasteiger partial charge in [-0.2, -0.15) is 0 Å². The number of nitrogens with one attached hydrogen (secondary N) is 1. The quantitative estimate of drug-likeness (QED) is 0.843. The minimum absolute atomic E-state index is 0.0832. The summed E-state index contributed by atoms with van der Waals surface area (Å²) in [7, 11) is 0. The second-order valence-corrected chi connectivity index (χ2v) is 7.10. The number of ether oxygens (including phenoxy) is 1. The van der Waals surface area contributed by atoms with Crippen molar-refractivity contribution in [2.45, 2.75) is 52.6 Å². The molecule has 0 radical (unpaired) electrons. The van der Waals surface area contributed by atoms with Crippen LogP contribution in [0.5, 0.6) is 0 Å². The Morgan fingerprint density at radius 1 is 1.36 bits per heavy atom. The Kier molecular flexibility index (Phi) is 4.99. The molecule has 4 heteroatoms. The van der Waals surface area contributed by atoms with E-state index in [0.717, 1.165) is 24.3 Å². The van der Waals surface area contributed by atoms with Crippen molar-refractivity contribution in [1.29, 1.82) is 0 Å². The summed E-state index contributed by atoms with van der Waals surface area (Å²) in [4.78, 5) is 14.7. The van der Waals surface area contributed by atoms with Gasteiger partial charge in [0.15, 0.2) is 0 Å². The standard InChI is InChI=1S/C18H28N2O2/c1-6-15(17(21)22-11-13(2)3)20-12-18(4,5)19-14-9-7-8-10-16(14)20/h7-10,13,15,19H,6,11-12H2,1-5H3. The van der Waals surface area contributed by atoms with Gasteiger partial charge < -0.3 is 15.0 Å². The first kappa shape index (κ1) is 16.7. The highest BCUT2D eigenvalue weighted by molar-refractivity contribution is 5.84. The monoisotopic (exact) mass is 304 g/mol. The molecule has 0 aliphatic carbocycles. The molecule has 1 N–H and O–H groups in total. The highest BCUT2D eigenvalue weighted by Gasteiger charge is 2.36. The number of anilines is 2. The predicted octanol–water partition coefficient (Wildman–Crippen LogP) is 3.67. The van der Waals surface area contributed by atoms with Crippen LogP contribution in [0.15, 0.2) is 24.3 Å². The van der Waals surface area contributed by atoms with Gasteiger partial charge in [-0.05, 0) is 38.3 Å². The minimum atomic E-state index is -0.235. The van der Waals surface area contributed by atoms with Crippen molar-refractivity contribution in [3.8, 4) is 0 Å². The fourth-order valence-corrected chi connectivity index (χ4v) is 2.88. The van der Waals surface area contributed by atoms with E-state index in [9.17, 15) is 4.79 Å². The van der Waals surface area contributed by atoms with Crippen LogP contribution in [0.4, 0.5) is 11.4 Å². The van der Waals surface area contributed by atoms with Gasteiger partial charge in [0.05, 0.1) is 18.0 Å². The Hall–Kier alpha value is -1.71. The Labute approximate surface area is 133 Å². The van der Waals surface area contributed by atoms with E-state index in [1.54, 1.807) is 0 Å². The molecule has 0 amide bonds. The van der Waals surface area contributed by atoms with Gasteiger partial charge in [-0.1, -0.05) is 32.9 Å². The lowest BCUT2D eigenvalue weighted by Gasteiger charge is -2.44. The molecule has 0 aromatic heterocycles. The van der Waals surface area contributed by atoms with Crippen LogP contribution in [0.1, 0.15) is 41.0 Å². The number of esters is 1. The molecule has 122 valence electrons. The molecule has 1 atom stereocenters. The van der Waals surface area contributed by atoms with Gasteiger partial charge in [-0.25, -0.2) is 4.79 Å². The van der Waals surface area contributed by atoms with Gasteiger partial charge >= 0.3 is 5.97 Å². The van der Waals surface area contributed by atoms with E-state index in [4.69, 9.17) is 4.74 Å². The third-order valence-corrected chi connectivity index (χ3v) is 3.85. The van der Waals surface area contributed by atoms with Crippen molar-refractivity contribution >= 4 is 17.3 Å². The van der Waals surface area contributed by atoms with E-state index >= 15 is 0 Å². The van der Waals surface area contributed by atoms with Crippen LogP contribution in [0.2, 0.25) is 0 Å². The molecule has 4 nitrogen and oxygen atoms in total. The summed E-state index contributed by atoms with van der Waals surface area (Å²) in [6.07, 6.45) is 0.737. The third-order valence-electron chi connectivity index (χ3n) is 3.85. The van der Waals surface area contributed by atoms with E-state index < -0.39 is 0 Å². The molecule has 22 heavy (non-hydrogen) atoms. The number of nitrogens with zero attached hydrogens (tertiary/aromatic N) is 1. The van der Waals surface area contributed by atoms with Crippen molar-refractivity contribution in [2.24, 2.45) is 5.92 Å². The summed E-state index contributed by atoms with van der Waals surface area (Å²) in [5.74, 6) is 0.233. The lowest BCUT2D eigenvalue weighted by atomic mass is 9.97. The first-order chi connectivity index (χ1) is 10.3. The largest absolute Gasteiger partial charge is 0.464 e. The molecule has 0 spiro atoms. The third kappa shape index (κ3) is 3.73. The van der Waals surface area contributed by atoms with Crippen molar-refractivity contribution in [2.75, 3.05) is 23.4 Å². The minimum Gasteiger partial charge on any atom is -0.464 e. The van der Waals surface area contributed by atoms with E-state index in [-0.39, 0.29) is 17.6 Å². The number of hydrogen-bond acceptors (Lipinski definition) is 4. The van der Waals surface area contributed by atoms with E-state index in [1.165, 1.54) is 0 Å². The molecule has 1 aromatic carbocycles. The van der Waals surface area contributed by atoms with Gasteiger partial charge in [0.1, 0.15) is 6.04 Å². The van der Waals surface area contributed by atoms with Crippen LogP contribution >= 0.6 is 0 Å². The fraction of sp³-hybridized carbons (Fsp3) is 0.611. The Balaban J connectivity index is 2.26. The van der Waals surface area contributed by atoms with Crippen LogP contribution in [0, 0.1) is 5.92 Å². The molecule has 1 aliphatic heterocycles. The van der Waals surface area contributed by atoms with Crippen LogP contribution in [0.3, 0.4) is 0 Å². The van der Waals surface area contributed by atoms with E-state index in [2.05, 4.69) is 50.0 Å². The highest BCUT2D eigenvalue weighted by atomic mass is 16.5. The Morgan fingerprint density at radius 3 is 2.68 bits per heavy atom. The summed E-state index contributed by atoms with van der Waals surface area (Å²) in [5.41, 5.74) is 2.07. The fourth-order valence-electron chi connectivity index (χ4n) is 2.88. The Bertz CT molecular complexity index is 526. The summed E-state index contributed by atoms with van der Waals surface area (Å²) in [5, 5.41) is 3.54. The summed E-state index contributed by atoms with van der Waals surface area (Å²) in [6, 6.07) is 7.92. The first-order valence-electron chi connectivity index (χ1n) is 8.14. The zero-order valence-electron chi connectivity index (χ0n) is 14.3. The molecule has 1 aliphatic rings. The SMILES string of the molecule is CCC(C(=O)OCC(C)C)N1CC(C)(C)Nc2ccccc21. The second-order valence-electron chi connectivity index (χ2n) is 7.10. The average Bonchev–Trinajstić information content (AvgIpc) is 2.44. The molecule has 0 bridgehead atoms. The summed E-state index contributed by atoms with van der Waals surface area (Å²) < 4.78 is 5.49. The van der Waals surface area contributed by atoms with Crippen LogP contribution in [-0.2, 0) is 9.53 Å². The van der Waals surface area contributed by atoms with Crippen LogP contribution in [0.25, 0.3) is 0 Å². The van der Waals surface area contributed by atoms with Gasteiger partial charge in [-0.3, -0.25) is 0 Å². The highest BCUT2D eigenvalue weighted by Crippen LogP contribution is 2.36. The number of para-hydroxylation sites is 2. The zero-order chi connectivity index (χ0) is 16.3. The van der Waals surface area contributed by atoms with E-state index in [0.29, 0.717) is 12.5 Å². The topological polar surface area (TPSA) is 41.6 Å². The van der Waals surface area contributed by atoms with Gasteiger partial charge in [0.25, 0.3) is 0 Å². The normalized spacial score (nSPS) is 17.6. The smallest absolute Gasteiger partial charge is 0.328 e. The van der Waals surface area contributed by atoms with Gasteiger partial charge in [-0.15, -0.1) is 0 Å². The number of carbonyl (C=O) groups is 1. The van der Waals surface area contributed by atoms with Gasteiger partial charge in [0, 0.05) is 12.1 Å². The number of fused-ring (bicyclic) bond motifs is 1. The number of rotatable bonds is 5. The summed E-state index contributed by atoms with van der Waals surface area (Å²) in [6.45, 7) is 11.7. The van der Waals surface area contributed by atoms with Crippen LogP contribution < -0.4 is 10.2 Å². The predicted molar refractivity (Wildman–Crippen MR) is 91.4 cm³/mol. The van der Waals surface area contributed by atoms with Crippen LogP contribution in [-0.4, -0.2) is 30.7 Å². The zero-order valence-corrected chi connectivity index (χ0v) is 14.3.